The van der Waals surface area contributed by atoms with E-state index in [4.69, 9.17) is 5.73 Å². The topological polar surface area (TPSA) is 63.4 Å². The second-order valence-electron chi connectivity index (χ2n) is 3.79. The molecule has 13 heavy (non-hydrogen) atoms. The number of hydrogen-bond acceptors (Lipinski definition) is 4. The second-order valence-corrected chi connectivity index (χ2v) is 6.01. The van der Waals surface area contributed by atoms with Crippen molar-refractivity contribution in [3.8, 4) is 0 Å². The maximum absolute atomic E-state index is 11.3. The summed E-state index contributed by atoms with van der Waals surface area (Å²) in [7, 11) is -2.79. The first-order valence-corrected chi connectivity index (χ1v) is 6.44. The SMILES string of the molecule is CC(CN)N1CCS(=O)(=O)CC1C. The van der Waals surface area contributed by atoms with Crippen LogP contribution in [0.15, 0.2) is 0 Å². The fourth-order valence-corrected chi connectivity index (χ4v) is 3.38. The molecular weight excluding hydrogens is 188 g/mol. The van der Waals surface area contributed by atoms with Crippen LogP contribution in [0.1, 0.15) is 13.8 Å². The first-order chi connectivity index (χ1) is 5.96. The van der Waals surface area contributed by atoms with E-state index in [1.165, 1.54) is 0 Å². The van der Waals surface area contributed by atoms with E-state index in [2.05, 4.69) is 4.90 Å². The Bertz CT molecular complexity index is 263. The molecule has 5 heteroatoms. The van der Waals surface area contributed by atoms with Gasteiger partial charge in [-0.3, -0.25) is 4.90 Å². The normalized spacial score (nSPS) is 31.5. The molecule has 0 aromatic rings. The van der Waals surface area contributed by atoms with Gasteiger partial charge < -0.3 is 5.73 Å². The Morgan fingerprint density at radius 1 is 1.62 bits per heavy atom. The minimum Gasteiger partial charge on any atom is -0.329 e. The minimum atomic E-state index is -2.79. The molecule has 1 aliphatic rings. The smallest absolute Gasteiger partial charge is 0.153 e. The van der Waals surface area contributed by atoms with E-state index in [0.717, 1.165) is 0 Å². The Morgan fingerprint density at radius 2 is 2.23 bits per heavy atom. The summed E-state index contributed by atoms with van der Waals surface area (Å²) in [6, 6.07) is 0.391. The van der Waals surface area contributed by atoms with E-state index >= 15 is 0 Å². The average Bonchev–Trinajstić information content (AvgIpc) is 2.01. The van der Waals surface area contributed by atoms with Crippen molar-refractivity contribution < 1.29 is 8.42 Å². The van der Waals surface area contributed by atoms with Gasteiger partial charge in [0.25, 0.3) is 0 Å². The molecule has 0 aromatic heterocycles. The summed E-state index contributed by atoms with van der Waals surface area (Å²) in [6.45, 7) is 5.20. The Labute approximate surface area is 80.0 Å². The van der Waals surface area contributed by atoms with E-state index in [9.17, 15) is 8.42 Å². The van der Waals surface area contributed by atoms with Gasteiger partial charge in [0.05, 0.1) is 11.5 Å². The van der Waals surface area contributed by atoms with Crippen LogP contribution in [0.2, 0.25) is 0 Å². The van der Waals surface area contributed by atoms with Gasteiger partial charge in [0.2, 0.25) is 0 Å². The fraction of sp³-hybridized carbons (Fsp3) is 1.00. The molecule has 1 fully saturated rings. The number of nitrogens with two attached hydrogens (primary N) is 1. The van der Waals surface area contributed by atoms with Crippen molar-refractivity contribution in [2.75, 3.05) is 24.6 Å². The van der Waals surface area contributed by atoms with Crippen molar-refractivity contribution in [3.63, 3.8) is 0 Å². The molecular formula is C8H18N2O2S. The van der Waals surface area contributed by atoms with Crippen LogP contribution in [0.25, 0.3) is 0 Å². The van der Waals surface area contributed by atoms with Gasteiger partial charge in [0.1, 0.15) is 0 Å². The zero-order chi connectivity index (χ0) is 10.1. The van der Waals surface area contributed by atoms with Gasteiger partial charge in [0.15, 0.2) is 9.84 Å². The molecule has 0 amide bonds. The van der Waals surface area contributed by atoms with Gasteiger partial charge in [-0.25, -0.2) is 8.42 Å². The van der Waals surface area contributed by atoms with Crippen LogP contribution in [0.4, 0.5) is 0 Å². The highest BCUT2D eigenvalue weighted by atomic mass is 32.2. The molecule has 1 aliphatic heterocycles. The number of rotatable bonds is 2. The van der Waals surface area contributed by atoms with Crippen LogP contribution in [-0.4, -0.2) is 50.0 Å². The van der Waals surface area contributed by atoms with E-state index < -0.39 is 9.84 Å². The van der Waals surface area contributed by atoms with Gasteiger partial charge in [-0.2, -0.15) is 0 Å². The molecule has 0 aliphatic carbocycles. The van der Waals surface area contributed by atoms with Crippen LogP contribution in [0, 0.1) is 0 Å². The Balaban J connectivity index is 2.64. The lowest BCUT2D eigenvalue weighted by atomic mass is 10.2. The van der Waals surface area contributed by atoms with Crippen molar-refractivity contribution >= 4 is 9.84 Å². The van der Waals surface area contributed by atoms with E-state index in [1.54, 1.807) is 0 Å². The summed E-state index contributed by atoms with van der Waals surface area (Å²) in [5, 5.41) is 0. The number of sulfone groups is 1. The molecule has 0 saturated carbocycles. The first kappa shape index (κ1) is 10.9. The summed E-state index contributed by atoms with van der Waals surface area (Å²) in [5.41, 5.74) is 5.54. The highest BCUT2D eigenvalue weighted by molar-refractivity contribution is 7.91. The van der Waals surface area contributed by atoms with Crippen molar-refractivity contribution in [2.45, 2.75) is 25.9 Å². The van der Waals surface area contributed by atoms with E-state index in [0.29, 0.717) is 13.1 Å². The third-order valence-corrected chi connectivity index (χ3v) is 4.42. The average molecular weight is 206 g/mol. The molecule has 78 valence electrons. The van der Waals surface area contributed by atoms with Crippen LogP contribution in [0.3, 0.4) is 0 Å². The fourth-order valence-electron chi connectivity index (χ4n) is 1.80. The Kier molecular flexibility index (Phi) is 3.32. The minimum absolute atomic E-state index is 0.109. The van der Waals surface area contributed by atoms with E-state index in [-0.39, 0.29) is 23.6 Å². The van der Waals surface area contributed by atoms with Gasteiger partial charge in [-0.1, -0.05) is 0 Å². The number of nitrogens with zero attached hydrogens (tertiary/aromatic N) is 1. The number of hydrogen-bond donors (Lipinski definition) is 1. The molecule has 0 radical (unpaired) electrons. The predicted octanol–water partition coefficient (Wildman–Crippen LogP) is -0.547. The summed E-state index contributed by atoms with van der Waals surface area (Å²) >= 11 is 0. The molecule has 1 heterocycles. The van der Waals surface area contributed by atoms with Crippen molar-refractivity contribution in [1.29, 1.82) is 0 Å². The lowest BCUT2D eigenvalue weighted by Gasteiger charge is -2.37. The van der Waals surface area contributed by atoms with Crippen LogP contribution in [-0.2, 0) is 9.84 Å². The zero-order valence-electron chi connectivity index (χ0n) is 8.23. The van der Waals surface area contributed by atoms with E-state index in [1.807, 2.05) is 13.8 Å². The summed E-state index contributed by atoms with van der Waals surface area (Å²) in [5.74, 6) is 0.555. The predicted molar refractivity (Wildman–Crippen MR) is 53.3 cm³/mol. The van der Waals surface area contributed by atoms with Crippen LogP contribution < -0.4 is 5.73 Å². The highest BCUT2D eigenvalue weighted by Gasteiger charge is 2.30. The Morgan fingerprint density at radius 3 is 2.69 bits per heavy atom. The molecule has 2 atom stereocenters. The van der Waals surface area contributed by atoms with Crippen molar-refractivity contribution in [3.05, 3.63) is 0 Å². The third kappa shape index (κ3) is 2.65. The lowest BCUT2D eigenvalue weighted by Crippen LogP contribution is -2.52. The molecule has 0 bridgehead atoms. The van der Waals surface area contributed by atoms with Gasteiger partial charge >= 0.3 is 0 Å². The standard InChI is InChI=1S/C8H18N2O2S/c1-7(5-9)10-3-4-13(11,12)6-8(10)2/h7-8H,3-6,9H2,1-2H3. The second kappa shape index (κ2) is 3.94. The van der Waals surface area contributed by atoms with Gasteiger partial charge in [-0.15, -0.1) is 0 Å². The molecule has 1 rings (SSSR count). The maximum Gasteiger partial charge on any atom is 0.153 e. The van der Waals surface area contributed by atoms with Gasteiger partial charge in [-0.05, 0) is 13.8 Å². The third-order valence-electron chi connectivity index (χ3n) is 2.63. The zero-order valence-corrected chi connectivity index (χ0v) is 9.05. The monoisotopic (exact) mass is 206 g/mol. The van der Waals surface area contributed by atoms with Crippen LogP contribution >= 0.6 is 0 Å². The first-order valence-electron chi connectivity index (χ1n) is 4.62. The molecule has 0 spiro atoms. The molecule has 4 nitrogen and oxygen atoms in total. The maximum atomic E-state index is 11.3. The van der Waals surface area contributed by atoms with Crippen molar-refractivity contribution in [2.24, 2.45) is 5.73 Å². The largest absolute Gasteiger partial charge is 0.329 e. The summed E-state index contributed by atoms with van der Waals surface area (Å²) in [6.07, 6.45) is 0. The summed E-state index contributed by atoms with van der Waals surface area (Å²) < 4.78 is 22.5. The highest BCUT2D eigenvalue weighted by Crippen LogP contribution is 2.13. The molecule has 1 saturated heterocycles. The molecule has 2 unspecified atom stereocenters. The van der Waals surface area contributed by atoms with Crippen LogP contribution in [0.5, 0.6) is 0 Å². The van der Waals surface area contributed by atoms with Crippen molar-refractivity contribution in [1.82, 2.24) is 4.90 Å². The molecule has 2 N–H and O–H groups in total. The summed E-state index contributed by atoms with van der Waals surface area (Å²) in [4.78, 5) is 2.17. The molecule has 0 aromatic carbocycles. The quantitative estimate of drug-likeness (QED) is 0.658. The Hall–Kier alpha value is -0.130. The van der Waals surface area contributed by atoms with Gasteiger partial charge in [0, 0.05) is 25.2 Å². The lowest BCUT2D eigenvalue weighted by molar-refractivity contribution is 0.173.